The SMILES string of the molecule is COCCn1c(C)cc([C@@H]2[C@H](c3ccccn3)NC(=S)N2CC(C)C)c1C. The van der Waals surface area contributed by atoms with E-state index >= 15 is 0 Å². The molecule has 0 aliphatic carbocycles. The van der Waals surface area contributed by atoms with Gasteiger partial charge in [-0.3, -0.25) is 4.98 Å². The van der Waals surface area contributed by atoms with Gasteiger partial charge in [0.05, 0.1) is 24.4 Å². The fourth-order valence-corrected chi connectivity index (χ4v) is 4.30. The molecule has 0 aromatic carbocycles. The van der Waals surface area contributed by atoms with E-state index in [2.05, 4.69) is 59.6 Å². The fraction of sp³-hybridized carbons (Fsp3) is 0.524. The molecule has 0 spiro atoms. The molecular formula is C21H30N4OS. The Labute approximate surface area is 167 Å². The van der Waals surface area contributed by atoms with Gasteiger partial charge in [0.25, 0.3) is 0 Å². The molecule has 1 N–H and O–H groups in total. The van der Waals surface area contributed by atoms with E-state index in [1.54, 1.807) is 7.11 Å². The molecule has 6 heteroatoms. The first-order valence-corrected chi connectivity index (χ1v) is 9.98. The van der Waals surface area contributed by atoms with Crippen molar-refractivity contribution in [1.29, 1.82) is 0 Å². The second-order valence-electron chi connectivity index (χ2n) is 7.64. The van der Waals surface area contributed by atoms with Crippen molar-refractivity contribution < 1.29 is 4.74 Å². The van der Waals surface area contributed by atoms with Gasteiger partial charge in [-0.2, -0.15) is 0 Å². The summed E-state index contributed by atoms with van der Waals surface area (Å²) in [5, 5.41) is 4.35. The van der Waals surface area contributed by atoms with Crippen LogP contribution in [-0.4, -0.2) is 39.8 Å². The predicted molar refractivity (Wildman–Crippen MR) is 113 cm³/mol. The second-order valence-corrected chi connectivity index (χ2v) is 8.03. The molecule has 27 heavy (non-hydrogen) atoms. The Morgan fingerprint density at radius 2 is 2.07 bits per heavy atom. The normalized spacial score (nSPS) is 19.8. The molecule has 1 aliphatic heterocycles. The molecule has 146 valence electrons. The van der Waals surface area contributed by atoms with E-state index in [0.29, 0.717) is 12.5 Å². The zero-order valence-electron chi connectivity index (χ0n) is 16.9. The summed E-state index contributed by atoms with van der Waals surface area (Å²) in [4.78, 5) is 6.95. The summed E-state index contributed by atoms with van der Waals surface area (Å²) < 4.78 is 7.63. The topological polar surface area (TPSA) is 42.3 Å². The van der Waals surface area contributed by atoms with Crippen LogP contribution in [0.1, 0.15) is 48.6 Å². The quantitative estimate of drug-likeness (QED) is 0.734. The predicted octanol–water partition coefficient (Wildman–Crippen LogP) is 3.77. The maximum absolute atomic E-state index is 5.73. The number of aryl methyl sites for hydroxylation is 1. The molecule has 2 atom stereocenters. The van der Waals surface area contributed by atoms with Crippen molar-refractivity contribution in [2.24, 2.45) is 5.92 Å². The molecule has 0 unspecified atom stereocenters. The Morgan fingerprint density at radius 1 is 1.30 bits per heavy atom. The Hall–Kier alpha value is -1.92. The Balaban J connectivity index is 2.05. The van der Waals surface area contributed by atoms with E-state index in [9.17, 15) is 0 Å². The summed E-state index contributed by atoms with van der Waals surface area (Å²) in [7, 11) is 1.75. The van der Waals surface area contributed by atoms with E-state index < -0.39 is 0 Å². The first-order chi connectivity index (χ1) is 12.9. The third-order valence-electron chi connectivity index (χ3n) is 5.21. The van der Waals surface area contributed by atoms with Crippen LogP contribution in [0.25, 0.3) is 0 Å². The van der Waals surface area contributed by atoms with Gasteiger partial charge < -0.3 is 19.5 Å². The lowest BCUT2D eigenvalue weighted by atomic mass is 9.96. The zero-order valence-corrected chi connectivity index (χ0v) is 17.7. The van der Waals surface area contributed by atoms with Crippen LogP contribution in [0.5, 0.6) is 0 Å². The van der Waals surface area contributed by atoms with Crippen molar-refractivity contribution in [3.8, 4) is 0 Å². The molecule has 3 heterocycles. The average molecular weight is 387 g/mol. The summed E-state index contributed by atoms with van der Waals surface area (Å²) >= 11 is 5.73. The first-order valence-electron chi connectivity index (χ1n) is 9.57. The molecule has 1 fully saturated rings. The third kappa shape index (κ3) is 4.01. The lowest BCUT2D eigenvalue weighted by molar-refractivity contribution is 0.186. The van der Waals surface area contributed by atoms with Crippen molar-refractivity contribution >= 4 is 17.3 Å². The van der Waals surface area contributed by atoms with E-state index in [4.69, 9.17) is 17.0 Å². The summed E-state index contributed by atoms with van der Waals surface area (Å²) in [6.07, 6.45) is 1.85. The van der Waals surface area contributed by atoms with Gasteiger partial charge in [-0.15, -0.1) is 0 Å². The van der Waals surface area contributed by atoms with Gasteiger partial charge >= 0.3 is 0 Å². The van der Waals surface area contributed by atoms with Crippen molar-refractivity contribution in [2.75, 3.05) is 20.3 Å². The second kappa shape index (κ2) is 8.40. The van der Waals surface area contributed by atoms with Crippen molar-refractivity contribution in [3.05, 3.63) is 53.1 Å². The Morgan fingerprint density at radius 3 is 2.70 bits per heavy atom. The number of hydrogen-bond donors (Lipinski definition) is 1. The molecule has 0 bridgehead atoms. The van der Waals surface area contributed by atoms with Gasteiger partial charge in [0.1, 0.15) is 0 Å². The van der Waals surface area contributed by atoms with Crippen LogP contribution in [0.3, 0.4) is 0 Å². The summed E-state index contributed by atoms with van der Waals surface area (Å²) in [6, 6.07) is 8.56. The number of nitrogens with zero attached hydrogens (tertiary/aromatic N) is 3. The minimum absolute atomic E-state index is 0.0498. The molecule has 2 aromatic rings. The number of thiocarbonyl (C=S) groups is 1. The fourth-order valence-electron chi connectivity index (χ4n) is 3.99. The van der Waals surface area contributed by atoms with Crippen LogP contribution in [0.15, 0.2) is 30.5 Å². The summed E-state index contributed by atoms with van der Waals surface area (Å²) in [5.41, 5.74) is 4.86. The van der Waals surface area contributed by atoms with Gasteiger partial charge in [-0.05, 0) is 55.7 Å². The van der Waals surface area contributed by atoms with Crippen LogP contribution in [0.2, 0.25) is 0 Å². The minimum atomic E-state index is 0.0498. The third-order valence-corrected chi connectivity index (χ3v) is 5.56. The van der Waals surface area contributed by atoms with Crippen LogP contribution < -0.4 is 5.32 Å². The Kier molecular flexibility index (Phi) is 6.17. The molecule has 0 amide bonds. The lowest BCUT2D eigenvalue weighted by Gasteiger charge is -2.29. The molecular weight excluding hydrogens is 356 g/mol. The highest BCUT2D eigenvalue weighted by Gasteiger charge is 2.41. The van der Waals surface area contributed by atoms with Crippen LogP contribution in [-0.2, 0) is 11.3 Å². The number of methoxy groups -OCH3 is 1. The number of pyridine rings is 1. The van der Waals surface area contributed by atoms with E-state index in [-0.39, 0.29) is 12.1 Å². The van der Waals surface area contributed by atoms with Gasteiger partial charge in [0.2, 0.25) is 0 Å². The molecule has 3 rings (SSSR count). The zero-order chi connectivity index (χ0) is 19.6. The van der Waals surface area contributed by atoms with Crippen molar-refractivity contribution in [2.45, 2.75) is 46.3 Å². The maximum Gasteiger partial charge on any atom is 0.170 e. The van der Waals surface area contributed by atoms with Gasteiger partial charge in [0, 0.05) is 37.8 Å². The number of hydrogen-bond acceptors (Lipinski definition) is 3. The van der Waals surface area contributed by atoms with E-state index in [1.165, 1.54) is 17.0 Å². The number of ether oxygens (including phenoxy) is 1. The highest BCUT2D eigenvalue weighted by molar-refractivity contribution is 7.80. The smallest absolute Gasteiger partial charge is 0.170 e. The number of aromatic nitrogens is 2. The summed E-state index contributed by atoms with van der Waals surface area (Å²) in [5.74, 6) is 0.520. The van der Waals surface area contributed by atoms with Gasteiger partial charge in [-0.25, -0.2) is 0 Å². The number of rotatable bonds is 7. The van der Waals surface area contributed by atoms with E-state index in [0.717, 1.165) is 23.9 Å². The van der Waals surface area contributed by atoms with Gasteiger partial charge in [-0.1, -0.05) is 19.9 Å². The highest BCUT2D eigenvalue weighted by atomic mass is 32.1. The van der Waals surface area contributed by atoms with Crippen molar-refractivity contribution in [1.82, 2.24) is 19.8 Å². The molecule has 0 radical (unpaired) electrons. The molecule has 5 nitrogen and oxygen atoms in total. The maximum atomic E-state index is 5.73. The standard InChI is InChI=1S/C21H30N4OS/c1-14(2)13-25-20(17-12-15(3)24(16(17)4)10-11-26-5)19(23-21(25)27)18-8-6-7-9-22-18/h6-9,12,14,19-20H,10-11,13H2,1-5H3,(H,23,27)/t19-,20+/m0/s1. The van der Waals surface area contributed by atoms with Crippen LogP contribution in [0, 0.1) is 19.8 Å². The monoisotopic (exact) mass is 386 g/mol. The summed E-state index contributed by atoms with van der Waals surface area (Å²) in [6.45, 7) is 11.3. The average Bonchev–Trinajstić information content (AvgIpc) is 3.10. The molecule has 0 saturated carbocycles. The number of nitrogens with one attached hydrogen (secondary N) is 1. The molecule has 1 saturated heterocycles. The largest absolute Gasteiger partial charge is 0.383 e. The first kappa shape index (κ1) is 19.8. The van der Waals surface area contributed by atoms with Gasteiger partial charge in [0.15, 0.2) is 5.11 Å². The molecule has 2 aromatic heterocycles. The van der Waals surface area contributed by atoms with Crippen molar-refractivity contribution in [3.63, 3.8) is 0 Å². The van der Waals surface area contributed by atoms with Crippen LogP contribution >= 0.6 is 12.2 Å². The van der Waals surface area contributed by atoms with Crippen LogP contribution in [0.4, 0.5) is 0 Å². The Bertz CT molecular complexity index is 787. The van der Waals surface area contributed by atoms with E-state index in [1.807, 2.05) is 18.3 Å². The highest BCUT2D eigenvalue weighted by Crippen LogP contribution is 2.41. The molecule has 1 aliphatic rings. The lowest BCUT2D eigenvalue weighted by Crippen LogP contribution is -2.33. The minimum Gasteiger partial charge on any atom is -0.383 e.